The van der Waals surface area contributed by atoms with E-state index in [-0.39, 0.29) is 5.56 Å². The largest absolute Gasteiger partial charge is 0.467 e. The number of nitrogens with one attached hydrogen (secondary N) is 1. The van der Waals surface area contributed by atoms with Gasteiger partial charge < -0.3 is 15.2 Å². The quantitative estimate of drug-likeness (QED) is 0.775. The maximum Gasteiger partial charge on any atom is 0.416 e. The van der Waals surface area contributed by atoms with Gasteiger partial charge in [0.1, 0.15) is 6.04 Å². The number of methoxy groups -OCH3 is 1. The van der Waals surface area contributed by atoms with Crippen LogP contribution in [-0.4, -0.2) is 30.1 Å². The predicted octanol–water partition coefficient (Wildman–Crippen LogP) is 2.20. The van der Waals surface area contributed by atoms with Crippen molar-refractivity contribution < 1.29 is 32.6 Å². The normalized spacial score (nSPS) is 17.0. The second kappa shape index (κ2) is 7.21. The van der Waals surface area contributed by atoms with Crippen LogP contribution in [0.3, 0.4) is 0 Å². The first-order valence-corrected chi connectivity index (χ1v) is 7.45. The highest BCUT2D eigenvalue weighted by Gasteiger charge is 2.33. The molecule has 1 fully saturated rings. The number of carbonyl (C=O) groups is 2. The minimum Gasteiger partial charge on any atom is -0.467 e. The van der Waals surface area contributed by atoms with Gasteiger partial charge in [0.05, 0.1) is 12.7 Å². The highest BCUT2D eigenvalue weighted by Crippen LogP contribution is 2.34. The Morgan fingerprint density at radius 1 is 1.29 bits per heavy atom. The summed E-state index contributed by atoms with van der Waals surface area (Å²) in [6.45, 7) is 0. The fourth-order valence-electron chi connectivity index (χ4n) is 2.30. The van der Waals surface area contributed by atoms with E-state index < -0.39 is 35.8 Å². The molecule has 5 nitrogen and oxygen atoms in total. The van der Waals surface area contributed by atoms with Crippen LogP contribution in [0.2, 0.25) is 0 Å². The van der Waals surface area contributed by atoms with Crippen molar-refractivity contribution >= 4 is 11.9 Å². The number of ether oxygens (including phenoxy) is 1. The number of carbonyl (C=O) groups excluding carboxylic acids is 2. The average molecular weight is 345 g/mol. The average Bonchev–Trinajstić information content (AvgIpc) is 3.36. The van der Waals surface area contributed by atoms with E-state index in [0.717, 1.165) is 37.1 Å². The van der Waals surface area contributed by atoms with Gasteiger partial charge in [-0.1, -0.05) is 25.0 Å². The first kappa shape index (κ1) is 18.3. The van der Waals surface area contributed by atoms with Gasteiger partial charge in [-0.05, 0) is 30.0 Å². The Morgan fingerprint density at radius 2 is 1.88 bits per heavy atom. The standard InChI is InChI=1S/C16H18F3NO4/c1-24-15(23)12(8-9-2-3-9)20-14(22)13(21)10-4-6-11(7-5-10)16(17,18)19/h4-7,9,12-13,21H,2-3,8H2,1H3,(H,20,22)/t12-,13-/m1/s1. The molecule has 1 amide bonds. The molecular weight excluding hydrogens is 327 g/mol. The van der Waals surface area contributed by atoms with Gasteiger partial charge in [-0.2, -0.15) is 13.2 Å². The predicted molar refractivity (Wildman–Crippen MR) is 77.7 cm³/mol. The molecule has 132 valence electrons. The fourth-order valence-corrected chi connectivity index (χ4v) is 2.30. The van der Waals surface area contributed by atoms with E-state index in [1.54, 1.807) is 0 Å². The van der Waals surface area contributed by atoms with Crippen LogP contribution in [-0.2, 0) is 20.5 Å². The summed E-state index contributed by atoms with van der Waals surface area (Å²) in [5.74, 6) is -1.14. The number of rotatable bonds is 6. The highest BCUT2D eigenvalue weighted by atomic mass is 19.4. The number of aliphatic hydroxyl groups excluding tert-OH is 1. The van der Waals surface area contributed by atoms with E-state index in [1.807, 2.05) is 0 Å². The number of alkyl halides is 3. The summed E-state index contributed by atoms with van der Waals surface area (Å²) in [7, 11) is 1.20. The second-order valence-electron chi connectivity index (χ2n) is 5.79. The summed E-state index contributed by atoms with van der Waals surface area (Å²) < 4.78 is 42.2. The molecule has 1 aromatic carbocycles. The Labute approximate surface area is 136 Å². The number of amides is 1. The summed E-state index contributed by atoms with van der Waals surface area (Å²) in [5, 5.41) is 12.4. The molecule has 1 aliphatic rings. The molecule has 1 aromatic rings. The van der Waals surface area contributed by atoms with Gasteiger partial charge in [0.15, 0.2) is 6.10 Å². The molecule has 0 radical (unpaired) electrons. The number of benzene rings is 1. The van der Waals surface area contributed by atoms with Crippen LogP contribution in [0, 0.1) is 5.92 Å². The van der Waals surface area contributed by atoms with E-state index in [4.69, 9.17) is 0 Å². The minimum absolute atomic E-state index is 0.00976. The number of aliphatic hydroxyl groups is 1. The molecule has 1 aliphatic carbocycles. The van der Waals surface area contributed by atoms with Crippen molar-refractivity contribution in [3.8, 4) is 0 Å². The van der Waals surface area contributed by atoms with E-state index in [1.165, 1.54) is 7.11 Å². The molecule has 0 heterocycles. The zero-order valence-electron chi connectivity index (χ0n) is 13.0. The molecule has 2 N–H and O–H groups in total. The minimum atomic E-state index is -4.49. The zero-order chi connectivity index (χ0) is 17.9. The van der Waals surface area contributed by atoms with Crippen molar-refractivity contribution in [2.45, 2.75) is 37.6 Å². The molecule has 8 heteroatoms. The molecule has 0 aromatic heterocycles. The first-order valence-electron chi connectivity index (χ1n) is 7.45. The number of hydrogen-bond donors (Lipinski definition) is 2. The van der Waals surface area contributed by atoms with E-state index in [0.29, 0.717) is 12.3 Å². The van der Waals surface area contributed by atoms with Gasteiger partial charge in [0.2, 0.25) is 0 Å². The molecule has 0 saturated heterocycles. The summed E-state index contributed by atoms with van der Waals surface area (Å²) in [6.07, 6.45) is -3.82. The van der Waals surface area contributed by atoms with Gasteiger partial charge in [0, 0.05) is 0 Å². The Bertz CT molecular complexity index is 596. The van der Waals surface area contributed by atoms with Crippen molar-refractivity contribution in [3.05, 3.63) is 35.4 Å². The first-order chi connectivity index (χ1) is 11.2. The Balaban J connectivity index is 2.03. The van der Waals surface area contributed by atoms with Gasteiger partial charge in [-0.25, -0.2) is 4.79 Å². The molecule has 1 saturated carbocycles. The van der Waals surface area contributed by atoms with Crippen LogP contribution in [0.25, 0.3) is 0 Å². The monoisotopic (exact) mass is 345 g/mol. The summed E-state index contributed by atoms with van der Waals surface area (Å²) in [4.78, 5) is 23.7. The van der Waals surface area contributed by atoms with E-state index in [2.05, 4.69) is 10.1 Å². The SMILES string of the molecule is COC(=O)[C@@H](CC1CC1)NC(=O)[C@H](O)c1ccc(C(F)(F)F)cc1. The zero-order valence-corrected chi connectivity index (χ0v) is 13.0. The summed E-state index contributed by atoms with van der Waals surface area (Å²) in [6, 6.07) is 2.75. The molecular formula is C16H18F3NO4. The number of hydrogen-bond acceptors (Lipinski definition) is 4. The van der Waals surface area contributed by atoms with Gasteiger partial charge in [0.25, 0.3) is 5.91 Å². The molecule has 0 unspecified atom stereocenters. The maximum absolute atomic E-state index is 12.5. The molecule has 2 rings (SSSR count). The van der Waals surface area contributed by atoms with Crippen molar-refractivity contribution in [1.82, 2.24) is 5.32 Å². The molecule has 24 heavy (non-hydrogen) atoms. The van der Waals surface area contributed by atoms with Crippen molar-refractivity contribution in [3.63, 3.8) is 0 Å². The maximum atomic E-state index is 12.5. The molecule has 0 spiro atoms. The lowest BCUT2D eigenvalue weighted by molar-refractivity contribution is -0.146. The van der Waals surface area contributed by atoms with Crippen molar-refractivity contribution in [2.24, 2.45) is 5.92 Å². The Hall–Kier alpha value is -2.09. The van der Waals surface area contributed by atoms with Crippen LogP contribution >= 0.6 is 0 Å². The lowest BCUT2D eigenvalue weighted by Gasteiger charge is -2.19. The molecule has 2 atom stereocenters. The smallest absolute Gasteiger partial charge is 0.416 e. The van der Waals surface area contributed by atoms with Crippen LogP contribution < -0.4 is 5.32 Å². The van der Waals surface area contributed by atoms with Gasteiger partial charge in [-0.15, -0.1) is 0 Å². The van der Waals surface area contributed by atoms with Crippen LogP contribution in [0.15, 0.2) is 24.3 Å². The Morgan fingerprint density at radius 3 is 2.33 bits per heavy atom. The third-order valence-corrected chi connectivity index (χ3v) is 3.87. The summed E-state index contributed by atoms with van der Waals surface area (Å²) in [5.41, 5.74) is -0.865. The number of halogens is 3. The fraction of sp³-hybridized carbons (Fsp3) is 0.500. The summed E-state index contributed by atoms with van der Waals surface area (Å²) >= 11 is 0. The van der Waals surface area contributed by atoms with E-state index in [9.17, 15) is 27.9 Å². The van der Waals surface area contributed by atoms with Crippen LogP contribution in [0.4, 0.5) is 13.2 Å². The third kappa shape index (κ3) is 4.70. The van der Waals surface area contributed by atoms with Gasteiger partial charge in [-0.3, -0.25) is 4.79 Å². The second-order valence-corrected chi connectivity index (χ2v) is 5.79. The van der Waals surface area contributed by atoms with Crippen molar-refractivity contribution in [1.29, 1.82) is 0 Å². The van der Waals surface area contributed by atoms with Crippen molar-refractivity contribution in [2.75, 3.05) is 7.11 Å². The lowest BCUT2D eigenvalue weighted by atomic mass is 10.0. The number of esters is 1. The third-order valence-electron chi connectivity index (χ3n) is 3.87. The van der Waals surface area contributed by atoms with Gasteiger partial charge >= 0.3 is 12.1 Å². The lowest BCUT2D eigenvalue weighted by Crippen LogP contribution is -2.44. The highest BCUT2D eigenvalue weighted by molar-refractivity contribution is 5.87. The Kier molecular flexibility index (Phi) is 5.48. The molecule has 0 bridgehead atoms. The van der Waals surface area contributed by atoms with Crippen LogP contribution in [0.5, 0.6) is 0 Å². The molecule has 0 aliphatic heterocycles. The topological polar surface area (TPSA) is 75.6 Å². The van der Waals surface area contributed by atoms with E-state index >= 15 is 0 Å². The van der Waals surface area contributed by atoms with Crippen LogP contribution in [0.1, 0.15) is 36.5 Å².